The largest absolute Gasteiger partial charge is 0.289 e. The first kappa shape index (κ1) is 15.2. The normalized spacial score (nSPS) is 34.1. The van der Waals surface area contributed by atoms with Gasteiger partial charge < -0.3 is 0 Å². The SMILES string of the molecule is O=C1C(=CC2CC=CCC2)SC(=S)N1C1CCS(=O)(=O)C1. The fraction of sp³-hybridized carbons (Fsp3) is 0.571. The minimum atomic E-state index is -3.02. The molecular weight excluding hydrogens is 326 g/mol. The van der Waals surface area contributed by atoms with E-state index in [4.69, 9.17) is 12.2 Å². The Labute approximate surface area is 134 Å². The number of thiocarbonyl (C=S) groups is 1. The molecule has 2 aliphatic heterocycles. The second-order valence-electron chi connectivity index (χ2n) is 5.68. The zero-order valence-electron chi connectivity index (χ0n) is 11.5. The molecule has 0 spiro atoms. The maximum Gasteiger partial charge on any atom is 0.266 e. The third-order valence-electron chi connectivity index (χ3n) is 4.09. The van der Waals surface area contributed by atoms with E-state index in [0.29, 0.717) is 21.6 Å². The third-order valence-corrected chi connectivity index (χ3v) is 7.19. The predicted molar refractivity (Wildman–Crippen MR) is 88.7 cm³/mol. The molecule has 7 heteroatoms. The molecule has 0 saturated carbocycles. The summed E-state index contributed by atoms with van der Waals surface area (Å²) in [4.78, 5) is 14.7. The summed E-state index contributed by atoms with van der Waals surface area (Å²) in [6, 6.07) is -0.278. The lowest BCUT2D eigenvalue weighted by atomic mass is 9.94. The summed E-state index contributed by atoms with van der Waals surface area (Å²) in [6.07, 6.45) is 9.89. The molecule has 1 aliphatic carbocycles. The van der Waals surface area contributed by atoms with Crippen molar-refractivity contribution in [2.45, 2.75) is 31.7 Å². The van der Waals surface area contributed by atoms with E-state index in [2.05, 4.69) is 12.2 Å². The number of nitrogens with zero attached hydrogens (tertiary/aromatic N) is 1. The predicted octanol–water partition coefficient (Wildman–Crippen LogP) is 2.27. The molecule has 114 valence electrons. The highest BCUT2D eigenvalue weighted by atomic mass is 32.2. The Morgan fingerprint density at radius 1 is 1.33 bits per heavy atom. The van der Waals surface area contributed by atoms with Gasteiger partial charge in [-0.25, -0.2) is 8.42 Å². The molecule has 0 radical (unpaired) electrons. The lowest BCUT2D eigenvalue weighted by Crippen LogP contribution is -2.39. The van der Waals surface area contributed by atoms with E-state index < -0.39 is 9.84 Å². The van der Waals surface area contributed by atoms with Gasteiger partial charge in [-0.2, -0.15) is 0 Å². The van der Waals surface area contributed by atoms with Gasteiger partial charge >= 0.3 is 0 Å². The number of hydrogen-bond acceptors (Lipinski definition) is 5. The minimum absolute atomic E-state index is 0.0406. The molecule has 0 bridgehead atoms. The van der Waals surface area contributed by atoms with Crippen molar-refractivity contribution in [2.24, 2.45) is 5.92 Å². The van der Waals surface area contributed by atoms with Crippen molar-refractivity contribution in [3.63, 3.8) is 0 Å². The van der Waals surface area contributed by atoms with E-state index in [0.717, 1.165) is 19.3 Å². The molecule has 2 fully saturated rings. The number of hydrogen-bond donors (Lipinski definition) is 0. The molecule has 2 saturated heterocycles. The van der Waals surface area contributed by atoms with Gasteiger partial charge in [-0.3, -0.25) is 9.69 Å². The van der Waals surface area contributed by atoms with Gasteiger partial charge in [0.25, 0.3) is 5.91 Å². The second kappa shape index (κ2) is 5.85. The first-order chi connectivity index (χ1) is 9.96. The van der Waals surface area contributed by atoms with Crippen LogP contribution in [-0.4, -0.2) is 41.1 Å². The number of allylic oxidation sites excluding steroid dienone is 3. The zero-order valence-corrected chi connectivity index (χ0v) is 14.0. The van der Waals surface area contributed by atoms with Crippen LogP contribution in [0.5, 0.6) is 0 Å². The Morgan fingerprint density at radius 3 is 2.76 bits per heavy atom. The van der Waals surface area contributed by atoms with Crippen LogP contribution in [-0.2, 0) is 14.6 Å². The molecule has 21 heavy (non-hydrogen) atoms. The zero-order chi connectivity index (χ0) is 15.0. The molecule has 0 aromatic rings. The summed E-state index contributed by atoms with van der Waals surface area (Å²) >= 11 is 6.60. The molecule has 2 unspecified atom stereocenters. The molecule has 0 N–H and O–H groups in total. The standard InChI is InChI=1S/C14H17NO3S3/c16-13-12(8-10-4-2-1-3-5-10)20-14(19)15(13)11-6-7-21(17,18)9-11/h1-2,8,10-11H,3-7,9H2. The van der Waals surface area contributed by atoms with Crippen molar-refractivity contribution in [3.8, 4) is 0 Å². The summed E-state index contributed by atoms with van der Waals surface area (Å²) in [5.74, 6) is 0.471. The molecule has 3 aliphatic rings. The molecule has 2 atom stereocenters. The van der Waals surface area contributed by atoms with Crippen molar-refractivity contribution >= 4 is 44.0 Å². The van der Waals surface area contributed by atoms with Gasteiger partial charge in [0.2, 0.25) is 0 Å². The van der Waals surface area contributed by atoms with Crippen LogP contribution in [0.4, 0.5) is 0 Å². The maximum atomic E-state index is 12.5. The smallest absolute Gasteiger partial charge is 0.266 e. The van der Waals surface area contributed by atoms with Crippen molar-refractivity contribution in [1.29, 1.82) is 0 Å². The first-order valence-electron chi connectivity index (χ1n) is 7.09. The van der Waals surface area contributed by atoms with Gasteiger partial charge in [0.05, 0.1) is 22.5 Å². The number of thioether (sulfide) groups is 1. The van der Waals surface area contributed by atoms with Crippen LogP contribution in [0.3, 0.4) is 0 Å². The fourth-order valence-corrected chi connectivity index (χ4v) is 6.14. The molecular formula is C14H17NO3S3. The van der Waals surface area contributed by atoms with E-state index in [9.17, 15) is 13.2 Å². The monoisotopic (exact) mass is 343 g/mol. The molecule has 2 heterocycles. The van der Waals surface area contributed by atoms with E-state index >= 15 is 0 Å². The average Bonchev–Trinajstić information content (AvgIpc) is 2.91. The first-order valence-corrected chi connectivity index (χ1v) is 10.1. The van der Waals surface area contributed by atoms with Crippen LogP contribution in [0.25, 0.3) is 0 Å². The van der Waals surface area contributed by atoms with Gasteiger partial charge in [-0.1, -0.05) is 42.2 Å². The summed E-state index contributed by atoms with van der Waals surface area (Å²) in [5, 5.41) is 0. The minimum Gasteiger partial charge on any atom is -0.289 e. The van der Waals surface area contributed by atoms with Crippen LogP contribution in [0.2, 0.25) is 0 Å². The lowest BCUT2D eigenvalue weighted by Gasteiger charge is -2.21. The van der Waals surface area contributed by atoms with E-state index in [1.807, 2.05) is 6.08 Å². The Balaban J connectivity index is 1.76. The van der Waals surface area contributed by atoms with Crippen molar-refractivity contribution in [3.05, 3.63) is 23.1 Å². The molecule has 3 rings (SSSR count). The highest BCUT2D eigenvalue weighted by molar-refractivity contribution is 8.26. The van der Waals surface area contributed by atoms with E-state index in [1.165, 1.54) is 16.7 Å². The fourth-order valence-electron chi connectivity index (χ4n) is 2.97. The number of amides is 1. The van der Waals surface area contributed by atoms with Crippen LogP contribution in [0.15, 0.2) is 23.1 Å². The number of carbonyl (C=O) groups is 1. The average molecular weight is 343 g/mol. The van der Waals surface area contributed by atoms with Crippen LogP contribution in [0.1, 0.15) is 25.7 Å². The Bertz CT molecular complexity index is 636. The topological polar surface area (TPSA) is 54.5 Å². The Kier molecular flexibility index (Phi) is 4.25. The molecule has 0 aromatic heterocycles. The molecule has 1 amide bonds. The quantitative estimate of drug-likeness (QED) is 0.437. The van der Waals surface area contributed by atoms with Crippen LogP contribution >= 0.6 is 24.0 Å². The van der Waals surface area contributed by atoms with Crippen LogP contribution < -0.4 is 0 Å². The Morgan fingerprint density at radius 2 is 2.14 bits per heavy atom. The summed E-state index contributed by atoms with van der Waals surface area (Å²) in [5.41, 5.74) is 0. The number of sulfone groups is 1. The summed E-state index contributed by atoms with van der Waals surface area (Å²) < 4.78 is 23.7. The van der Waals surface area contributed by atoms with E-state index in [-0.39, 0.29) is 23.5 Å². The van der Waals surface area contributed by atoms with Gasteiger partial charge in [-0.15, -0.1) is 0 Å². The number of rotatable bonds is 2. The van der Waals surface area contributed by atoms with Crippen molar-refractivity contribution in [1.82, 2.24) is 4.90 Å². The van der Waals surface area contributed by atoms with Crippen molar-refractivity contribution in [2.75, 3.05) is 11.5 Å². The van der Waals surface area contributed by atoms with Crippen molar-refractivity contribution < 1.29 is 13.2 Å². The molecule has 0 aromatic carbocycles. The van der Waals surface area contributed by atoms with Gasteiger partial charge in [0, 0.05) is 0 Å². The molecule has 4 nitrogen and oxygen atoms in total. The Hall–Kier alpha value is -0.660. The summed E-state index contributed by atoms with van der Waals surface area (Å²) in [7, 11) is -3.02. The maximum absolute atomic E-state index is 12.5. The van der Waals surface area contributed by atoms with Crippen LogP contribution in [0, 0.1) is 5.92 Å². The highest BCUT2D eigenvalue weighted by Gasteiger charge is 2.42. The number of carbonyl (C=O) groups excluding carboxylic acids is 1. The highest BCUT2D eigenvalue weighted by Crippen LogP contribution is 2.37. The van der Waals surface area contributed by atoms with E-state index in [1.54, 1.807) is 0 Å². The third kappa shape index (κ3) is 3.24. The second-order valence-corrected chi connectivity index (χ2v) is 9.58. The lowest BCUT2D eigenvalue weighted by molar-refractivity contribution is -0.123. The summed E-state index contributed by atoms with van der Waals surface area (Å²) in [6.45, 7) is 0. The van der Waals surface area contributed by atoms with Gasteiger partial charge in [0.15, 0.2) is 9.84 Å². The van der Waals surface area contributed by atoms with Gasteiger partial charge in [0.1, 0.15) is 4.32 Å². The van der Waals surface area contributed by atoms with Gasteiger partial charge in [-0.05, 0) is 31.6 Å².